The first kappa shape index (κ1) is 9.85. The predicted molar refractivity (Wildman–Crippen MR) is 62.8 cm³/mol. The third kappa shape index (κ3) is 1.55. The molecule has 0 unspecified atom stereocenters. The first-order valence-electron chi connectivity index (χ1n) is 6.74. The molecule has 4 fully saturated rings. The van der Waals surface area contributed by atoms with Crippen molar-refractivity contribution in [1.29, 1.82) is 0 Å². The maximum atomic E-state index is 5.54. The van der Waals surface area contributed by atoms with Crippen molar-refractivity contribution >= 4 is 5.95 Å². The molecule has 0 aliphatic heterocycles. The van der Waals surface area contributed by atoms with E-state index in [9.17, 15) is 0 Å². The summed E-state index contributed by atoms with van der Waals surface area (Å²) >= 11 is 0. The van der Waals surface area contributed by atoms with Crippen LogP contribution in [-0.4, -0.2) is 20.2 Å². The van der Waals surface area contributed by atoms with Gasteiger partial charge in [-0.3, -0.25) is 0 Å². The van der Waals surface area contributed by atoms with E-state index in [1.165, 1.54) is 38.5 Å². The smallest absolute Gasteiger partial charge is 0.260 e. The van der Waals surface area contributed by atoms with Crippen molar-refractivity contribution in [3.05, 3.63) is 0 Å². The second kappa shape index (κ2) is 3.21. The van der Waals surface area contributed by atoms with Gasteiger partial charge in [-0.2, -0.15) is 4.80 Å². The maximum absolute atomic E-state index is 5.54. The third-order valence-corrected chi connectivity index (χ3v) is 5.11. The minimum atomic E-state index is 0.301. The lowest BCUT2D eigenvalue weighted by atomic mass is 9.49. The fourth-order valence-corrected chi connectivity index (χ4v) is 5.11. The lowest BCUT2D eigenvalue weighted by Gasteiger charge is -2.56. The molecular weight excluding hydrogens is 214 g/mol. The fourth-order valence-electron chi connectivity index (χ4n) is 5.11. The Balaban J connectivity index is 1.60. The van der Waals surface area contributed by atoms with Crippen LogP contribution in [-0.2, 0) is 6.54 Å². The number of tetrazole rings is 1. The standard InChI is InChI=1S/C12H19N5/c13-11-14-16-17(15-11)7-12-4-8-1-9(5-12)3-10(2-8)6-12/h8-10H,1-7H2,(H2,13,15). The zero-order chi connectivity index (χ0) is 11.5. The van der Waals surface area contributed by atoms with Gasteiger partial charge < -0.3 is 5.73 Å². The number of aromatic nitrogens is 4. The third-order valence-electron chi connectivity index (χ3n) is 5.11. The van der Waals surface area contributed by atoms with E-state index in [2.05, 4.69) is 15.4 Å². The average molecular weight is 233 g/mol. The average Bonchev–Trinajstić information content (AvgIpc) is 2.60. The monoisotopic (exact) mass is 233 g/mol. The normalized spacial score (nSPS) is 43.2. The first-order valence-corrected chi connectivity index (χ1v) is 6.74. The summed E-state index contributed by atoms with van der Waals surface area (Å²) in [4.78, 5) is 1.72. The van der Waals surface area contributed by atoms with Gasteiger partial charge in [0.25, 0.3) is 5.95 Å². The molecule has 1 heterocycles. The van der Waals surface area contributed by atoms with E-state index in [1.54, 1.807) is 4.80 Å². The van der Waals surface area contributed by atoms with Gasteiger partial charge in [0.1, 0.15) is 0 Å². The van der Waals surface area contributed by atoms with Gasteiger partial charge >= 0.3 is 0 Å². The molecular formula is C12H19N5. The SMILES string of the molecule is Nc1nnn(CC23CC4CC(CC(C4)C2)C3)n1. The maximum Gasteiger partial charge on any atom is 0.260 e. The van der Waals surface area contributed by atoms with Gasteiger partial charge in [0.05, 0.1) is 6.54 Å². The van der Waals surface area contributed by atoms with Crippen LogP contribution in [0, 0.1) is 23.2 Å². The van der Waals surface area contributed by atoms with E-state index in [0.717, 1.165) is 24.3 Å². The van der Waals surface area contributed by atoms with Gasteiger partial charge in [0.2, 0.25) is 0 Å². The summed E-state index contributed by atoms with van der Waals surface area (Å²) in [7, 11) is 0. The van der Waals surface area contributed by atoms with Crippen LogP contribution in [0.4, 0.5) is 5.95 Å². The topological polar surface area (TPSA) is 69.6 Å². The zero-order valence-electron chi connectivity index (χ0n) is 10.0. The van der Waals surface area contributed by atoms with Crippen LogP contribution >= 0.6 is 0 Å². The van der Waals surface area contributed by atoms with Crippen LogP contribution in [0.2, 0.25) is 0 Å². The van der Waals surface area contributed by atoms with Gasteiger partial charge in [-0.05, 0) is 66.9 Å². The molecule has 92 valence electrons. The first-order chi connectivity index (χ1) is 8.21. The van der Waals surface area contributed by atoms with Gasteiger partial charge in [-0.25, -0.2) is 0 Å². The minimum absolute atomic E-state index is 0.301. The Kier molecular flexibility index (Phi) is 1.86. The quantitative estimate of drug-likeness (QED) is 0.839. The number of hydrogen-bond acceptors (Lipinski definition) is 4. The molecule has 1 aromatic rings. The van der Waals surface area contributed by atoms with Crippen molar-refractivity contribution in [2.45, 2.75) is 45.1 Å². The summed E-state index contributed by atoms with van der Waals surface area (Å²) in [5.41, 5.74) is 6.00. The number of anilines is 1. The van der Waals surface area contributed by atoms with Crippen LogP contribution in [0.5, 0.6) is 0 Å². The van der Waals surface area contributed by atoms with E-state index in [0.29, 0.717) is 11.4 Å². The molecule has 17 heavy (non-hydrogen) atoms. The van der Waals surface area contributed by atoms with Crippen LogP contribution in [0.25, 0.3) is 0 Å². The summed E-state index contributed by atoms with van der Waals surface area (Å²) in [6.07, 6.45) is 8.56. The Bertz CT molecular complexity index is 403. The highest BCUT2D eigenvalue weighted by Crippen LogP contribution is 2.60. The van der Waals surface area contributed by atoms with E-state index in [4.69, 9.17) is 5.73 Å². The Labute approximate surface area is 101 Å². The van der Waals surface area contributed by atoms with Crippen LogP contribution in [0.3, 0.4) is 0 Å². The predicted octanol–water partition coefficient (Wildman–Crippen LogP) is 1.47. The van der Waals surface area contributed by atoms with Crippen molar-refractivity contribution in [2.75, 3.05) is 5.73 Å². The number of nitrogens with zero attached hydrogens (tertiary/aromatic N) is 4. The molecule has 2 N–H and O–H groups in total. The molecule has 0 radical (unpaired) electrons. The van der Waals surface area contributed by atoms with Crippen LogP contribution < -0.4 is 5.73 Å². The minimum Gasteiger partial charge on any atom is -0.365 e. The molecule has 0 atom stereocenters. The van der Waals surface area contributed by atoms with Crippen molar-refractivity contribution in [3.8, 4) is 0 Å². The molecule has 5 rings (SSSR count). The van der Waals surface area contributed by atoms with E-state index >= 15 is 0 Å². The lowest BCUT2D eigenvalue weighted by Crippen LogP contribution is -2.48. The summed E-state index contributed by atoms with van der Waals surface area (Å²) in [5, 5.41) is 12.0. The Morgan fingerprint density at radius 3 is 2.18 bits per heavy atom. The van der Waals surface area contributed by atoms with E-state index in [1.807, 2.05) is 0 Å². The fraction of sp³-hybridized carbons (Fsp3) is 0.917. The largest absolute Gasteiger partial charge is 0.365 e. The molecule has 0 saturated heterocycles. The Morgan fingerprint density at radius 2 is 1.71 bits per heavy atom. The Morgan fingerprint density at radius 1 is 1.12 bits per heavy atom. The molecule has 4 bridgehead atoms. The Hall–Kier alpha value is -1.13. The number of rotatable bonds is 2. The molecule has 4 aliphatic carbocycles. The van der Waals surface area contributed by atoms with Crippen molar-refractivity contribution < 1.29 is 0 Å². The molecule has 0 spiro atoms. The molecule has 4 aliphatic rings. The highest BCUT2D eigenvalue weighted by molar-refractivity contribution is 5.07. The summed E-state index contributed by atoms with van der Waals surface area (Å²) < 4.78 is 0. The summed E-state index contributed by atoms with van der Waals surface area (Å²) in [5.74, 6) is 3.22. The van der Waals surface area contributed by atoms with Gasteiger partial charge in [-0.15, -0.1) is 5.10 Å². The molecule has 0 aromatic carbocycles. The van der Waals surface area contributed by atoms with Gasteiger partial charge in [0.15, 0.2) is 0 Å². The van der Waals surface area contributed by atoms with Crippen LogP contribution in [0.15, 0.2) is 0 Å². The summed E-state index contributed by atoms with van der Waals surface area (Å²) in [6, 6.07) is 0. The van der Waals surface area contributed by atoms with Crippen LogP contribution in [0.1, 0.15) is 38.5 Å². The second-order valence-electron chi connectivity index (χ2n) is 6.60. The molecule has 5 heteroatoms. The van der Waals surface area contributed by atoms with Crippen molar-refractivity contribution in [1.82, 2.24) is 20.2 Å². The van der Waals surface area contributed by atoms with Crippen molar-refractivity contribution in [3.63, 3.8) is 0 Å². The molecule has 4 saturated carbocycles. The van der Waals surface area contributed by atoms with E-state index in [-0.39, 0.29) is 0 Å². The van der Waals surface area contributed by atoms with E-state index < -0.39 is 0 Å². The number of nitrogen functional groups attached to an aromatic ring is 1. The van der Waals surface area contributed by atoms with Gasteiger partial charge in [-0.1, -0.05) is 5.10 Å². The molecule has 5 nitrogen and oxygen atoms in total. The number of hydrogen-bond donors (Lipinski definition) is 1. The van der Waals surface area contributed by atoms with Gasteiger partial charge in [0, 0.05) is 0 Å². The highest BCUT2D eigenvalue weighted by atomic mass is 15.6. The van der Waals surface area contributed by atoms with Crippen molar-refractivity contribution in [2.24, 2.45) is 23.2 Å². The zero-order valence-corrected chi connectivity index (χ0v) is 10.0. The molecule has 0 amide bonds. The molecule has 1 aromatic heterocycles. The second-order valence-corrected chi connectivity index (χ2v) is 6.60. The lowest BCUT2D eigenvalue weighted by molar-refractivity contribution is -0.0656. The summed E-state index contributed by atoms with van der Waals surface area (Å²) in [6.45, 7) is 0.931. The number of nitrogens with two attached hydrogens (primary N) is 1. The highest BCUT2D eigenvalue weighted by Gasteiger charge is 2.51.